The van der Waals surface area contributed by atoms with E-state index in [1.54, 1.807) is 0 Å². The molecule has 0 bridgehead atoms. The summed E-state index contributed by atoms with van der Waals surface area (Å²) in [4.78, 5) is 13.7. The number of aromatic nitrogens is 3. The first kappa shape index (κ1) is 10.4. The fraction of sp³-hybridized carbons (Fsp3) is 0.222. The van der Waals surface area contributed by atoms with Crippen molar-refractivity contribution in [1.82, 2.24) is 14.6 Å². The molecule has 0 aliphatic heterocycles. The predicted octanol–water partition coefficient (Wildman–Crippen LogP) is -1.06. The molecule has 0 saturated heterocycles. The summed E-state index contributed by atoms with van der Waals surface area (Å²) in [5.41, 5.74) is 0.139. The number of H-pyrrole nitrogens is 1. The van der Waals surface area contributed by atoms with E-state index in [9.17, 15) is 9.90 Å². The maximum Gasteiger partial charge on any atom is 0.275 e. The normalized spacial score (nSPS) is 14.6. The van der Waals surface area contributed by atoms with Crippen molar-refractivity contribution >= 4 is 5.52 Å². The van der Waals surface area contributed by atoms with Crippen LogP contribution in [0, 0.1) is 11.3 Å². The van der Waals surface area contributed by atoms with Crippen molar-refractivity contribution in [2.75, 3.05) is 0 Å². The lowest BCUT2D eigenvalue weighted by molar-refractivity contribution is 0.0528. The standard InChI is InChI=1S/C9H8N4O3/c10-2-7(14)8(15)5-1-6-9(16)11-4-12-13(6)3-5/h1,3-4,7-8,14-15H,(H,11,12,16). The zero-order chi connectivity index (χ0) is 11.7. The summed E-state index contributed by atoms with van der Waals surface area (Å²) >= 11 is 0. The summed E-state index contributed by atoms with van der Waals surface area (Å²) in [5, 5.41) is 31.0. The molecule has 2 aromatic rings. The Labute approximate surface area is 89.2 Å². The molecular weight excluding hydrogens is 212 g/mol. The topological polar surface area (TPSA) is 114 Å². The molecule has 2 rings (SSSR count). The minimum atomic E-state index is -1.53. The molecule has 82 valence electrons. The third-order valence-corrected chi connectivity index (χ3v) is 2.20. The van der Waals surface area contributed by atoms with E-state index in [4.69, 9.17) is 10.4 Å². The highest BCUT2D eigenvalue weighted by molar-refractivity contribution is 5.47. The Hall–Kier alpha value is -2.17. The van der Waals surface area contributed by atoms with E-state index in [-0.39, 0.29) is 16.6 Å². The summed E-state index contributed by atoms with van der Waals surface area (Å²) in [6, 6.07) is 2.88. The van der Waals surface area contributed by atoms with Gasteiger partial charge in [0.1, 0.15) is 17.9 Å². The molecule has 0 aliphatic rings. The molecule has 0 aliphatic carbocycles. The van der Waals surface area contributed by atoms with Crippen LogP contribution in [-0.2, 0) is 0 Å². The third-order valence-electron chi connectivity index (χ3n) is 2.20. The van der Waals surface area contributed by atoms with Crippen LogP contribution in [0.1, 0.15) is 11.7 Å². The van der Waals surface area contributed by atoms with Crippen LogP contribution in [0.5, 0.6) is 0 Å². The van der Waals surface area contributed by atoms with Gasteiger partial charge in [-0.3, -0.25) is 4.79 Å². The lowest BCUT2D eigenvalue weighted by Gasteiger charge is -2.08. The number of hydrogen-bond acceptors (Lipinski definition) is 5. The highest BCUT2D eigenvalue weighted by Crippen LogP contribution is 2.17. The smallest absolute Gasteiger partial charge is 0.275 e. The molecular formula is C9H8N4O3. The molecule has 0 radical (unpaired) electrons. The third kappa shape index (κ3) is 1.56. The molecule has 0 spiro atoms. The van der Waals surface area contributed by atoms with Crippen molar-refractivity contribution in [3.05, 3.63) is 34.5 Å². The number of nitrogens with one attached hydrogen (secondary N) is 1. The molecule has 2 unspecified atom stereocenters. The number of aromatic amines is 1. The molecule has 0 fully saturated rings. The first-order valence-electron chi connectivity index (χ1n) is 4.45. The Morgan fingerprint density at radius 1 is 1.56 bits per heavy atom. The van der Waals surface area contributed by atoms with Crippen molar-refractivity contribution in [3.63, 3.8) is 0 Å². The summed E-state index contributed by atoms with van der Waals surface area (Å²) in [6.07, 6.45) is -0.287. The lowest BCUT2D eigenvalue weighted by atomic mass is 10.1. The van der Waals surface area contributed by atoms with Crippen LogP contribution in [0.15, 0.2) is 23.4 Å². The second-order valence-corrected chi connectivity index (χ2v) is 3.24. The molecule has 7 heteroatoms. The van der Waals surface area contributed by atoms with Gasteiger partial charge < -0.3 is 15.2 Å². The van der Waals surface area contributed by atoms with Crippen LogP contribution in [0.2, 0.25) is 0 Å². The van der Waals surface area contributed by atoms with Gasteiger partial charge in [0, 0.05) is 11.8 Å². The average Bonchev–Trinajstić information content (AvgIpc) is 2.72. The predicted molar refractivity (Wildman–Crippen MR) is 52.4 cm³/mol. The second-order valence-electron chi connectivity index (χ2n) is 3.24. The molecule has 16 heavy (non-hydrogen) atoms. The van der Waals surface area contributed by atoms with Crippen molar-refractivity contribution < 1.29 is 10.2 Å². The minimum absolute atomic E-state index is 0.238. The van der Waals surface area contributed by atoms with E-state index in [1.807, 2.05) is 0 Å². The van der Waals surface area contributed by atoms with Gasteiger partial charge in [-0.1, -0.05) is 0 Å². The Morgan fingerprint density at radius 3 is 2.94 bits per heavy atom. The molecule has 2 aromatic heterocycles. The molecule has 2 atom stereocenters. The van der Waals surface area contributed by atoms with Gasteiger partial charge in [0.05, 0.1) is 6.07 Å². The zero-order valence-electron chi connectivity index (χ0n) is 8.03. The number of aliphatic hydroxyl groups excluding tert-OH is 2. The molecule has 0 aromatic carbocycles. The number of nitrogens with zero attached hydrogens (tertiary/aromatic N) is 3. The molecule has 3 N–H and O–H groups in total. The second kappa shape index (κ2) is 3.77. The lowest BCUT2D eigenvalue weighted by Crippen LogP contribution is -2.15. The van der Waals surface area contributed by atoms with Crippen LogP contribution in [-0.4, -0.2) is 30.9 Å². The Kier molecular flexibility index (Phi) is 2.44. The fourth-order valence-corrected chi connectivity index (χ4v) is 1.38. The SMILES string of the molecule is N#CC(O)C(O)c1cc2c(=O)[nH]cnn2c1. The van der Waals surface area contributed by atoms with E-state index in [2.05, 4.69) is 10.1 Å². The van der Waals surface area contributed by atoms with E-state index < -0.39 is 12.2 Å². The minimum Gasteiger partial charge on any atom is -0.384 e. The maximum absolute atomic E-state index is 11.3. The summed E-state index contributed by atoms with van der Waals surface area (Å²) < 4.78 is 1.27. The van der Waals surface area contributed by atoms with Gasteiger partial charge in [-0.25, -0.2) is 4.52 Å². The van der Waals surface area contributed by atoms with E-state index >= 15 is 0 Å². The van der Waals surface area contributed by atoms with Gasteiger partial charge in [0.2, 0.25) is 0 Å². The molecule has 0 amide bonds. The molecule has 2 heterocycles. The Balaban J connectivity index is 2.52. The molecule has 0 saturated carbocycles. The van der Waals surface area contributed by atoms with Gasteiger partial charge in [0.15, 0.2) is 6.10 Å². The van der Waals surface area contributed by atoms with Crippen molar-refractivity contribution in [2.24, 2.45) is 0 Å². The quantitative estimate of drug-likeness (QED) is 0.558. The van der Waals surface area contributed by atoms with E-state index in [0.29, 0.717) is 0 Å². The van der Waals surface area contributed by atoms with Crippen LogP contribution >= 0.6 is 0 Å². The number of fused-ring (bicyclic) bond motifs is 1. The highest BCUT2D eigenvalue weighted by atomic mass is 16.3. The largest absolute Gasteiger partial charge is 0.384 e. The van der Waals surface area contributed by atoms with Crippen LogP contribution in [0.4, 0.5) is 0 Å². The summed E-state index contributed by atoms with van der Waals surface area (Å²) in [6.45, 7) is 0. The van der Waals surface area contributed by atoms with Gasteiger partial charge in [-0.05, 0) is 6.07 Å². The number of aliphatic hydroxyl groups is 2. The Morgan fingerprint density at radius 2 is 2.31 bits per heavy atom. The van der Waals surface area contributed by atoms with Gasteiger partial charge >= 0.3 is 0 Å². The van der Waals surface area contributed by atoms with E-state index in [1.165, 1.54) is 29.2 Å². The van der Waals surface area contributed by atoms with Gasteiger partial charge in [-0.2, -0.15) is 10.4 Å². The van der Waals surface area contributed by atoms with Crippen molar-refractivity contribution in [3.8, 4) is 6.07 Å². The first-order valence-corrected chi connectivity index (χ1v) is 4.45. The van der Waals surface area contributed by atoms with Gasteiger partial charge in [0.25, 0.3) is 5.56 Å². The summed E-state index contributed by atoms with van der Waals surface area (Å²) in [5.74, 6) is 0. The van der Waals surface area contributed by atoms with Crippen LogP contribution in [0.3, 0.4) is 0 Å². The zero-order valence-corrected chi connectivity index (χ0v) is 8.03. The number of rotatable bonds is 2. The fourth-order valence-electron chi connectivity index (χ4n) is 1.38. The maximum atomic E-state index is 11.3. The highest BCUT2D eigenvalue weighted by Gasteiger charge is 2.19. The molecule has 7 nitrogen and oxygen atoms in total. The number of nitriles is 1. The van der Waals surface area contributed by atoms with Gasteiger partial charge in [-0.15, -0.1) is 0 Å². The van der Waals surface area contributed by atoms with Crippen molar-refractivity contribution in [1.29, 1.82) is 5.26 Å². The van der Waals surface area contributed by atoms with E-state index in [0.717, 1.165) is 0 Å². The average molecular weight is 220 g/mol. The van der Waals surface area contributed by atoms with Crippen LogP contribution < -0.4 is 5.56 Å². The van der Waals surface area contributed by atoms with Crippen LogP contribution in [0.25, 0.3) is 5.52 Å². The first-order chi connectivity index (χ1) is 7.63. The summed E-state index contributed by atoms with van der Waals surface area (Å²) in [7, 11) is 0. The van der Waals surface area contributed by atoms with Crippen molar-refractivity contribution in [2.45, 2.75) is 12.2 Å². The monoisotopic (exact) mass is 220 g/mol. The Bertz CT molecular complexity index is 609. The number of hydrogen-bond donors (Lipinski definition) is 3.